The van der Waals surface area contributed by atoms with Gasteiger partial charge in [-0.25, -0.2) is 4.98 Å². The summed E-state index contributed by atoms with van der Waals surface area (Å²) in [5.41, 5.74) is 1.31. The second-order valence-electron chi connectivity index (χ2n) is 6.69. The first kappa shape index (κ1) is 16.5. The zero-order valence-corrected chi connectivity index (χ0v) is 14.3. The topological polar surface area (TPSA) is 102 Å². The Morgan fingerprint density at radius 3 is 2.92 bits per heavy atom. The molecule has 0 radical (unpaired) electrons. The Morgan fingerprint density at radius 1 is 1.50 bits per heavy atom. The number of allylic oxidation sites excluding steroid dienone is 2. The van der Waals surface area contributed by atoms with Crippen molar-refractivity contribution < 1.29 is 9.90 Å². The van der Waals surface area contributed by atoms with Crippen molar-refractivity contribution >= 4 is 23.2 Å². The molecule has 0 fully saturated rings. The molecule has 7 heteroatoms. The number of hydrogen-bond acceptors (Lipinski definition) is 5. The molecule has 1 aromatic heterocycles. The van der Waals surface area contributed by atoms with Crippen molar-refractivity contribution in [3.8, 4) is 0 Å². The Morgan fingerprint density at radius 2 is 2.33 bits per heavy atom. The highest BCUT2D eigenvalue weighted by atomic mass is 16.4. The van der Waals surface area contributed by atoms with E-state index in [9.17, 15) is 9.90 Å². The lowest BCUT2D eigenvalue weighted by atomic mass is 9.76. The van der Waals surface area contributed by atoms with Crippen LogP contribution >= 0.6 is 0 Å². The maximum Gasteiger partial charge on any atom is 0.309 e. The van der Waals surface area contributed by atoms with Crippen molar-refractivity contribution in [2.45, 2.75) is 39.5 Å². The fourth-order valence-electron chi connectivity index (χ4n) is 3.01. The molecule has 0 spiro atoms. The zero-order chi connectivity index (χ0) is 17.2. The van der Waals surface area contributed by atoms with E-state index >= 15 is 0 Å². The van der Waals surface area contributed by atoms with E-state index in [0.29, 0.717) is 19.3 Å². The van der Waals surface area contributed by atoms with Crippen LogP contribution in [0.15, 0.2) is 11.1 Å². The number of nitrogens with one attached hydrogen (secondary N) is 3. The molecule has 1 aromatic rings. The van der Waals surface area contributed by atoms with Crippen molar-refractivity contribution in [2.24, 2.45) is 10.4 Å². The lowest BCUT2D eigenvalue weighted by Crippen LogP contribution is -2.29. The predicted molar refractivity (Wildman–Crippen MR) is 94.3 cm³/mol. The van der Waals surface area contributed by atoms with Crippen molar-refractivity contribution in [3.05, 3.63) is 17.6 Å². The summed E-state index contributed by atoms with van der Waals surface area (Å²) in [5.74, 6) is 1.74. The molecule has 0 saturated carbocycles. The summed E-state index contributed by atoms with van der Waals surface area (Å²) in [6, 6.07) is 0. The van der Waals surface area contributed by atoms with Gasteiger partial charge in [-0.3, -0.25) is 9.79 Å². The SMILES string of the molecule is CCCNc1nc(C2=CCC(C)(C(=O)O)CC2)[nH]c1C1=NCCN1. The summed E-state index contributed by atoms with van der Waals surface area (Å²) in [6.45, 7) is 6.39. The number of carbonyl (C=O) groups is 1. The summed E-state index contributed by atoms with van der Waals surface area (Å²) >= 11 is 0. The highest BCUT2D eigenvalue weighted by Gasteiger charge is 2.35. The fourth-order valence-corrected chi connectivity index (χ4v) is 3.01. The van der Waals surface area contributed by atoms with E-state index in [1.54, 1.807) is 0 Å². The number of hydrogen-bond donors (Lipinski definition) is 4. The largest absolute Gasteiger partial charge is 0.481 e. The van der Waals surface area contributed by atoms with Gasteiger partial charge in [0.05, 0.1) is 12.0 Å². The van der Waals surface area contributed by atoms with Gasteiger partial charge in [-0.2, -0.15) is 0 Å². The Kier molecular flexibility index (Phi) is 4.59. The number of aliphatic imine (C=N–C) groups is 1. The number of H-pyrrole nitrogens is 1. The molecule has 2 heterocycles. The predicted octanol–water partition coefficient (Wildman–Crippen LogP) is 2.24. The first-order valence-electron chi connectivity index (χ1n) is 8.59. The monoisotopic (exact) mass is 331 g/mol. The minimum absolute atomic E-state index is 0.532. The molecule has 1 aliphatic carbocycles. The Balaban J connectivity index is 1.86. The van der Waals surface area contributed by atoms with E-state index in [1.807, 2.05) is 13.0 Å². The van der Waals surface area contributed by atoms with Gasteiger partial charge in [0.2, 0.25) is 0 Å². The molecular weight excluding hydrogens is 306 g/mol. The molecule has 0 aromatic carbocycles. The van der Waals surface area contributed by atoms with Crippen LogP contribution in [0, 0.1) is 5.41 Å². The van der Waals surface area contributed by atoms with Crippen LogP contribution in [0.25, 0.3) is 5.57 Å². The molecule has 1 unspecified atom stereocenters. The van der Waals surface area contributed by atoms with E-state index in [2.05, 4.69) is 27.5 Å². The third kappa shape index (κ3) is 3.16. The maximum atomic E-state index is 11.4. The first-order valence-corrected chi connectivity index (χ1v) is 8.59. The number of rotatable bonds is 6. The molecule has 0 amide bonds. The molecule has 24 heavy (non-hydrogen) atoms. The number of imidazole rings is 1. The third-order valence-corrected chi connectivity index (χ3v) is 4.72. The molecule has 130 valence electrons. The Hall–Kier alpha value is -2.31. The van der Waals surface area contributed by atoms with Gasteiger partial charge in [0.15, 0.2) is 5.82 Å². The smallest absolute Gasteiger partial charge is 0.309 e. The molecular formula is C17H25N5O2. The van der Waals surface area contributed by atoms with E-state index < -0.39 is 11.4 Å². The molecule has 4 N–H and O–H groups in total. The summed E-state index contributed by atoms with van der Waals surface area (Å²) in [5, 5.41) is 16.0. The third-order valence-electron chi connectivity index (χ3n) is 4.72. The first-order chi connectivity index (χ1) is 11.5. The van der Waals surface area contributed by atoms with Crippen LogP contribution < -0.4 is 10.6 Å². The lowest BCUT2D eigenvalue weighted by Gasteiger charge is -2.27. The second kappa shape index (κ2) is 6.67. The van der Waals surface area contributed by atoms with Crippen LogP contribution in [-0.4, -0.2) is 46.5 Å². The number of anilines is 1. The van der Waals surface area contributed by atoms with Gasteiger partial charge >= 0.3 is 5.97 Å². The van der Waals surface area contributed by atoms with Crippen LogP contribution in [0.4, 0.5) is 5.82 Å². The van der Waals surface area contributed by atoms with Crippen LogP contribution in [0.5, 0.6) is 0 Å². The van der Waals surface area contributed by atoms with Gasteiger partial charge < -0.3 is 20.7 Å². The minimum Gasteiger partial charge on any atom is -0.481 e. The normalized spacial score (nSPS) is 23.4. The van der Waals surface area contributed by atoms with Crippen molar-refractivity contribution in [2.75, 3.05) is 25.0 Å². The minimum atomic E-state index is -0.729. The molecule has 1 aliphatic heterocycles. The standard InChI is InChI=1S/C17H25N5O2/c1-3-8-18-15-12(14-19-9-10-20-14)21-13(22-15)11-4-6-17(2,7-5-11)16(23)24/h4,18H,3,5-10H2,1-2H3,(H,19,20)(H,21,22)(H,23,24). The van der Waals surface area contributed by atoms with Gasteiger partial charge in [-0.15, -0.1) is 0 Å². The average Bonchev–Trinajstić information content (AvgIpc) is 3.22. The van der Waals surface area contributed by atoms with Gasteiger partial charge in [0.1, 0.15) is 17.4 Å². The van der Waals surface area contributed by atoms with Gasteiger partial charge in [-0.05, 0) is 38.2 Å². The van der Waals surface area contributed by atoms with E-state index in [1.165, 1.54) is 0 Å². The summed E-state index contributed by atoms with van der Waals surface area (Å²) in [4.78, 5) is 23.9. The van der Waals surface area contributed by atoms with Crippen LogP contribution in [-0.2, 0) is 4.79 Å². The zero-order valence-electron chi connectivity index (χ0n) is 14.3. The Labute approximate surface area is 141 Å². The number of nitrogens with zero attached hydrogens (tertiary/aromatic N) is 2. The number of aromatic nitrogens is 2. The number of carboxylic acids is 1. The van der Waals surface area contributed by atoms with Crippen molar-refractivity contribution in [1.29, 1.82) is 0 Å². The van der Waals surface area contributed by atoms with Crippen LogP contribution in [0.2, 0.25) is 0 Å². The highest BCUT2D eigenvalue weighted by molar-refractivity contribution is 6.02. The summed E-state index contributed by atoms with van der Waals surface area (Å²) < 4.78 is 0. The van der Waals surface area contributed by atoms with E-state index in [0.717, 1.165) is 54.8 Å². The Bertz CT molecular complexity index is 691. The maximum absolute atomic E-state index is 11.4. The van der Waals surface area contributed by atoms with Crippen molar-refractivity contribution in [1.82, 2.24) is 15.3 Å². The van der Waals surface area contributed by atoms with Gasteiger partial charge in [0, 0.05) is 13.1 Å². The van der Waals surface area contributed by atoms with Crippen LogP contribution in [0.3, 0.4) is 0 Å². The number of amidine groups is 1. The fraction of sp³-hybridized carbons (Fsp3) is 0.588. The average molecular weight is 331 g/mol. The van der Waals surface area contributed by atoms with Crippen molar-refractivity contribution in [3.63, 3.8) is 0 Å². The molecule has 7 nitrogen and oxygen atoms in total. The number of aromatic amines is 1. The molecule has 3 rings (SSSR count). The lowest BCUT2D eigenvalue weighted by molar-refractivity contribution is -0.148. The molecule has 1 atom stereocenters. The molecule has 0 bridgehead atoms. The molecule has 0 saturated heterocycles. The number of carboxylic acid groups (broad SMARTS) is 1. The number of aliphatic carboxylic acids is 1. The van der Waals surface area contributed by atoms with Gasteiger partial charge in [0.25, 0.3) is 0 Å². The van der Waals surface area contributed by atoms with E-state index in [4.69, 9.17) is 4.98 Å². The van der Waals surface area contributed by atoms with E-state index in [-0.39, 0.29) is 0 Å². The molecule has 2 aliphatic rings. The highest BCUT2D eigenvalue weighted by Crippen LogP contribution is 2.38. The second-order valence-corrected chi connectivity index (χ2v) is 6.69. The summed E-state index contributed by atoms with van der Waals surface area (Å²) in [7, 11) is 0. The summed E-state index contributed by atoms with van der Waals surface area (Å²) in [6.07, 6.45) is 4.89. The van der Waals surface area contributed by atoms with Gasteiger partial charge in [-0.1, -0.05) is 13.0 Å². The quantitative estimate of drug-likeness (QED) is 0.640. The van der Waals surface area contributed by atoms with Crippen LogP contribution in [0.1, 0.15) is 51.0 Å².